The molecule has 3 rings (SSSR count). The molecule has 0 spiro atoms. The van der Waals surface area contributed by atoms with Gasteiger partial charge in [-0.1, -0.05) is 18.2 Å². The second-order valence-electron chi connectivity index (χ2n) is 5.00. The number of aromatic carboxylic acids is 1. The monoisotopic (exact) mass is 285 g/mol. The van der Waals surface area contributed by atoms with Crippen LogP contribution in [-0.4, -0.2) is 20.6 Å². The zero-order valence-corrected chi connectivity index (χ0v) is 11.3. The van der Waals surface area contributed by atoms with Crippen molar-refractivity contribution in [1.82, 2.24) is 9.55 Å². The molecule has 0 saturated carbocycles. The van der Waals surface area contributed by atoms with Gasteiger partial charge in [0.15, 0.2) is 0 Å². The van der Waals surface area contributed by atoms with E-state index < -0.39 is 11.5 Å². The zero-order chi connectivity index (χ0) is 14.8. The van der Waals surface area contributed by atoms with Crippen molar-refractivity contribution in [1.29, 1.82) is 0 Å². The number of anilines is 1. The smallest absolute Gasteiger partial charge is 0.342 e. The Labute approximate surface area is 121 Å². The van der Waals surface area contributed by atoms with Crippen LogP contribution in [0.5, 0.6) is 0 Å². The molecule has 2 N–H and O–H groups in total. The molecule has 0 aliphatic carbocycles. The maximum atomic E-state index is 12.2. The van der Waals surface area contributed by atoms with E-state index in [0.29, 0.717) is 12.4 Å². The van der Waals surface area contributed by atoms with Crippen LogP contribution in [-0.2, 0) is 6.54 Å². The first-order valence-electron chi connectivity index (χ1n) is 6.81. The first-order chi connectivity index (χ1) is 10.2. The van der Waals surface area contributed by atoms with Crippen LogP contribution in [0.4, 0.5) is 5.69 Å². The molecule has 108 valence electrons. The Morgan fingerprint density at radius 2 is 2.10 bits per heavy atom. The van der Waals surface area contributed by atoms with E-state index >= 15 is 0 Å². The lowest BCUT2D eigenvalue weighted by Crippen LogP contribution is -2.35. The molecular formula is C15H15N3O3. The molecule has 0 saturated heterocycles. The third-order valence-corrected chi connectivity index (χ3v) is 3.61. The van der Waals surface area contributed by atoms with Gasteiger partial charge in [0.2, 0.25) is 0 Å². The largest absolute Gasteiger partial charge is 0.477 e. The lowest BCUT2D eigenvalue weighted by molar-refractivity contribution is 0.0693. The summed E-state index contributed by atoms with van der Waals surface area (Å²) in [5.74, 6) is -0.638. The molecule has 0 bridgehead atoms. The average molecular weight is 285 g/mol. The maximum absolute atomic E-state index is 12.2. The average Bonchev–Trinajstić information content (AvgIpc) is 2.49. The van der Waals surface area contributed by atoms with E-state index in [9.17, 15) is 9.59 Å². The van der Waals surface area contributed by atoms with Crippen molar-refractivity contribution >= 4 is 11.7 Å². The molecule has 1 aliphatic heterocycles. The Bertz CT molecular complexity index is 725. The highest BCUT2D eigenvalue weighted by molar-refractivity contribution is 5.86. The van der Waals surface area contributed by atoms with Crippen LogP contribution in [0.1, 0.15) is 35.1 Å². The number of carboxylic acid groups (broad SMARTS) is 1. The van der Waals surface area contributed by atoms with Gasteiger partial charge in [-0.05, 0) is 25.0 Å². The minimum atomic E-state index is -1.24. The standard InChI is InChI=1S/C15H15N3O3/c19-14-11(15(20)21)9-16-13-12(7-4-8-18(13)14)17-10-5-2-1-3-6-10/h1-3,5-6,9,12,17H,4,7-8H2,(H,20,21). The fourth-order valence-electron chi connectivity index (χ4n) is 2.60. The highest BCUT2D eigenvalue weighted by Crippen LogP contribution is 2.26. The first-order valence-corrected chi connectivity index (χ1v) is 6.81. The van der Waals surface area contributed by atoms with E-state index in [4.69, 9.17) is 5.11 Å². The number of hydrogen-bond donors (Lipinski definition) is 2. The van der Waals surface area contributed by atoms with Crippen LogP contribution in [0.3, 0.4) is 0 Å². The Hall–Kier alpha value is -2.63. The summed E-state index contributed by atoms with van der Waals surface area (Å²) in [6.45, 7) is 0.509. The van der Waals surface area contributed by atoms with Gasteiger partial charge in [-0.2, -0.15) is 0 Å². The van der Waals surface area contributed by atoms with Gasteiger partial charge in [0.05, 0.1) is 6.04 Å². The predicted octanol–water partition coefficient (Wildman–Crippen LogP) is 1.89. The molecule has 0 amide bonds. The van der Waals surface area contributed by atoms with E-state index in [-0.39, 0.29) is 11.6 Å². The maximum Gasteiger partial charge on any atom is 0.342 e. The molecule has 1 aliphatic rings. The van der Waals surface area contributed by atoms with Crippen LogP contribution < -0.4 is 10.9 Å². The van der Waals surface area contributed by atoms with Gasteiger partial charge >= 0.3 is 5.97 Å². The topological polar surface area (TPSA) is 84.2 Å². The van der Waals surface area contributed by atoms with Crippen molar-refractivity contribution in [3.05, 3.63) is 58.3 Å². The number of para-hydroxylation sites is 1. The van der Waals surface area contributed by atoms with Gasteiger partial charge in [-0.15, -0.1) is 0 Å². The van der Waals surface area contributed by atoms with Crippen molar-refractivity contribution in [3.63, 3.8) is 0 Å². The number of nitrogens with zero attached hydrogens (tertiary/aromatic N) is 2. The van der Waals surface area contributed by atoms with E-state index in [2.05, 4.69) is 10.3 Å². The van der Waals surface area contributed by atoms with E-state index in [1.54, 1.807) is 0 Å². The van der Waals surface area contributed by atoms with Crippen LogP contribution in [0.15, 0.2) is 41.3 Å². The van der Waals surface area contributed by atoms with Gasteiger partial charge in [0.1, 0.15) is 11.4 Å². The number of rotatable bonds is 3. The van der Waals surface area contributed by atoms with Gasteiger partial charge in [-0.25, -0.2) is 9.78 Å². The number of benzene rings is 1. The Morgan fingerprint density at radius 3 is 2.81 bits per heavy atom. The van der Waals surface area contributed by atoms with Gasteiger partial charge < -0.3 is 10.4 Å². The number of carboxylic acids is 1. The van der Waals surface area contributed by atoms with Crippen molar-refractivity contribution in [3.8, 4) is 0 Å². The second-order valence-corrected chi connectivity index (χ2v) is 5.00. The molecule has 1 atom stereocenters. The van der Waals surface area contributed by atoms with Crippen molar-refractivity contribution in [2.45, 2.75) is 25.4 Å². The molecule has 21 heavy (non-hydrogen) atoms. The van der Waals surface area contributed by atoms with Crippen molar-refractivity contribution < 1.29 is 9.90 Å². The first kappa shape index (κ1) is 13.4. The van der Waals surface area contributed by atoms with Crippen molar-refractivity contribution in [2.75, 3.05) is 5.32 Å². The SMILES string of the molecule is O=C(O)c1cnc2n(c1=O)CCCC2Nc1ccccc1. The van der Waals surface area contributed by atoms with Crippen LogP contribution in [0.2, 0.25) is 0 Å². The van der Waals surface area contributed by atoms with Gasteiger partial charge in [-0.3, -0.25) is 9.36 Å². The normalized spacial score (nSPS) is 17.0. The molecule has 1 aromatic carbocycles. The number of carbonyl (C=O) groups is 1. The summed E-state index contributed by atoms with van der Waals surface area (Å²) in [5.41, 5.74) is 0.193. The summed E-state index contributed by atoms with van der Waals surface area (Å²) < 4.78 is 1.47. The Morgan fingerprint density at radius 1 is 1.33 bits per heavy atom. The third-order valence-electron chi connectivity index (χ3n) is 3.61. The predicted molar refractivity (Wildman–Crippen MR) is 77.5 cm³/mol. The summed E-state index contributed by atoms with van der Waals surface area (Å²) in [6, 6.07) is 9.60. The highest BCUT2D eigenvalue weighted by atomic mass is 16.4. The summed E-state index contributed by atoms with van der Waals surface area (Å²) in [7, 11) is 0. The molecule has 6 nitrogen and oxygen atoms in total. The summed E-state index contributed by atoms with van der Waals surface area (Å²) in [6.07, 6.45) is 2.82. The van der Waals surface area contributed by atoms with Crippen molar-refractivity contribution in [2.24, 2.45) is 0 Å². The molecule has 6 heteroatoms. The van der Waals surface area contributed by atoms with Gasteiger partial charge in [0, 0.05) is 18.4 Å². The minimum absolute atomic E-state index is 0.0864. The summed E-state index contributed by atoms with van der Waals surface area (Å²) in [5, 5.41) is 12.3. The molecule has 0 radical (unpaired) electrons. The Kier molecular flexibility index (Phi) is 3.43. The van der Waals surface area contributed by atoms with E-state index in [1.165, 1.54) is 4.57 Å². The van der Waals surface area contributed by atoms with E-state index in [1.807, 2.05) is 30.3 Å². The molecular weight excluding hydrogens is 270 g/mol. The minimum Gasteiger partial charge on any atom is -0.477 e. The molecule has 2 heterocycles. The molecule has 1 aromatic heterocycles. The second kappa shape index (κ2) is 5.40. The lowest BCUT2D eigenvalue weighted by Gasteiger charge is -2.27. The Balaban J connectivity index is 1.97. The van der Waals surface area contributed by atoms with Gasteiger partial charge in [0.25, 0.3) is 5.56 Å². The molecule has 0 fully saturated rings. The highest BCUT2D eigenvalue weighted by Gasteiger charge is 2.25. The van der Waals surface area contributed by atoms with Crippen LogP contribution in [0.25, 0.3) is 0 Å². The number of nitrogens with one attached hydrogen (secondary N) is 1. The number of fused-ring (bicyclic) bond motifs is 1. The quantitative estimate of drug-likeness (QED) is 0.899. The number of hydrogen-bond acceptors (Lipinski definition) is 4. The number of aromatic nitrogens is 2. The molecule has 2 aromatic rings. The zero-order valence-electron chi connectivity index (χ0n) is 11.3. The fraction of sp³-hybridized carbons (Fsp3) is 0.267. The summed E-state index contributed by atoms with van der Waals surface area (Å²) >= 11 is 0. The van der Waals surface area contributed by atoms with Crippen LogP contribution >= 0.6 is 0 Å². The lowest BCUT2D eigenvalue weighted by atomic mass is 10.1. The molecule has 1 unspecified atom stereocenters. The van der Waals surface area contributed by atoms with Crippen LogP contribution in [0, 0.1) is 0 Å². The fourth-order valence-corrected chi connectivity index (χ4v) is 2.60. The third kappa shape index (κ3) is 2.52. The summed E-state index contributed by atoms with van der Waals surface area (Å²) in [4.78, 5) is 27.4. The van der Waals surface area contributed by atoms with E-state index in [0.717, 1.165) is 24.7 Å².